The molecule has 0 aliphatic carbocycles. The Morgan fingerprint density at radius 2 is 1.85 bits per heavy atom. The molecule has 11 nitrogen and oxygen atoms in total. The third-order valence-electron chi connectivity index (χ3n) is 10.1. The Morgan fingerprint density at radius 3 is 2.50 bits per heavy atom. The van der Waals surface area contributed by atoms with E-state index >= 15 is 4.11 Å². The predicted octanol–water partition coefficient (Wildman–Crippen LogP) is 4.79. The SMILES string of the molecule is COC(=O)CCCCN1C(=O)[C@@]2(O[C@@H](CC(=O)N3CCC[C@H]3CO)[C@H]([Si](C)(C)F)[C@H]2C)c2cc(NC(=O)c3ccc(OC)cc3)ccc21. The van der Waals surface area contributed by atoms with Gasteiger partial charge in [0.1, 0.15) is 5.75 Å². The maximum atomic E-state index is 16.3. The number of esters is 1. The van der Waals surface area contributed by atoms with Gasteiger partial charge in [-0.3, -0.25) is 19.2 Å². The first kappa shape index (κ1) is 35.5. The molecule has 3 aliphatic rings. The number of aliphatic hydroxyl groups is 1. The van der Waals surface area contributed by atoms with Crippen LogP contribution in [0.25, 0.3) is 0 Å². The van der Waals surface area contributed by atoms with E-state index in [1.165, 1.54) is 7.11 Å². The molecule has 2 aromatic carbocycles. The lowest BCUT2D eigenvalue weighted by molar-refractivity contribution is -0.150. The number of unbranched alkanes of at least 4 members (excludes halogenated alkanes) is 1. The van der Waals surface area contributed by atoms with Crippen LogP contribution < -0.4 is 15.0 Å². The number of likely N-dealkylation sites (tertiary alicyclic amines) is 1. The first-order valence-electron chi connectivity index (χ1n) is 16.6. The largest absolute Gasteiger partial charge is 0.497 e. The number of carbonyl (C=O) groups excluding carboxylic acids is 4. The molecule has 3 heterocycles. The predicted molar refractivity (Wildman–Crippen MR) is 180 cm³/mol. The van der Waals surface area contributed by atoms with Gasteiger partial charge in [0.15, 0.2) is 5.60 Å². The number of methoxy groups -OCH3 is 2. The molecule has 48 heavy (non-hydrogen) atoms. The van der Waals surface area contributed by atoms with Gasteiger partial charge in [-0.05, 0) is 81.2 Å². The molecule has 1 spiro atoms. The summed E-state index contributed by atoms with van der Waals surface area (Å²) in [6.07, 6.45) is 1.71. The van der Waals surface area contributed by atoms with Crippen molar-refractivity contribution in [3.05, 3.63) is 53.6 Å². The molecule has 5 atom stereocenters. The summed E-state index contributed by atoms with van der Waals surface area (Å²) in [7, 11) is -0.662. The van der Waals surface area contributed by atoms with Gasteiger partial charge in [-0.25, -0.2) is 0 Å². The molecule has 3 aliphatic heterocycles. The van der Waals surface area contributed by atoms with Gasteiger partial charge in [0.2, 0.25) is 14.3 Å². The number of fused-ring (bicyclic) bond motifs is 2. The minimum Gasteiger partial charge on any atom is -0.497 e. The van der Waals surface area contributed by atoms with Crippen LogP contribution in [0.2, 0.25) is 18.6 Å². The zero-order valence-corrected chi connectivity index (χ0v) is 29.3. The van der Waals surface area contributed by atoms with Crippen LogP contribution in [-0.4, -0.2) is 88.2 Å². The number of ether oxygens (including phenoxy) is 3. The smallest absolute Gasteiger partial charge is 0.305 e. The second kappa shape index (κ2) is 14.3. The lowest BCUT2D eigenvalue weighted by atomic mass is 9.82. The summed E-state index contributed by atoms with van der Waals surface area (Å²) in [6.45, 7) is 5.63. The summed E-state index contributed by atoms with van der Waals surface area (Å²) in [5.74, 6) is -1.30. The Balaban J connectivity index is 1.50. The molecule has 2 aromatic rings. The topological polar surface area (TPSA) is 135 Å². The van der Waals surface area contributed by atoms with Gasteiger partial charge in [0.25, 0.3) is 11.8 Å². The van der Waals surface area contributed by atoms with Crippen LogP contribution >= 0.6 is 0 Å². The standard InChI is InChI=1S/C35H46FN3O8Si/c1-22-32(48(4,5)36)29(20-30(41)38-18-8-9-25(38)21-40)47-35(22)27-19-24(37-33(43)23-11-14-26(45-2)15-12-23)13-16-28(27)39(34(35)44)17-7-6-10-31(42)46-3/h11-16,19,22,25,29,32,40H,6-10,17-18,20-21H2,1-5H3,(H,37,43)/t22-,25+,29+,32-,35+/m1/s1. The Kier molecular flexibility index (Phi) is 10.6. The van der Waals surface area contributed by atoms with E-state index in [9.17, 15) is 24.3 Å². The Bertz CT molecular complexity index is 1530. The van der Waals surface area contributed by atoms with Gasteiger partial charge < -0.3 is 38.5 Å². The summed E-state index contributed by atoms with van der Waals surface area (Å²) >= 11 is 0. The second-order valence-corrected chi connectivity index (χ2v) is 17.2. The quantitative estimate of drug-likeness (QED) is 0.141. The Hall–Kier alpha value is -3.81. The fourth-order valence-electron chi connectivity index (χ4n) is 7.78. The summed E-state index contributed by atoms with van der Waals surface area (Å²) in [6, 6.07) is 11.6. The summed E-state index contributed by atoms with van der Waals surface area (Å²) in [5.41, 5.74) is -0.353. The molecular weight excluding hydrogens is 637 g/mol. The van der Waals surface area contributed by atoms with E-state index in [0.717, 1.165) is 6.42 Å². The number of aliphatic hydroxyl groups excluding tert-OH is 1. The molecule has 5 rings (SSSR count). The van der Waals surface area contributed by atoms with E-state index in [4.69, 9.17) is 14.2 Å². The normalized spacial score (nSPS) is 25.0. The lowest BCUT2D eigenvalue weighted by Crippen LogP contribution is -2.45. The number of benzene rings is 2. The minimum atomic E-state index is -3.54. The number of rotatable bonds is 12. The molecule has 13 heteroatoms. The number of nitrogens with one attached hydrogen (secondary N) is 1. The molecule has 0 saturated carbocycles. The average molecular weight is 684 g/mol. The van der Waals surface area contributed by atoms with Crippen LogP contribution in [-0.2, 0) is 29.5 Å². The monoisotopic (exact) mass is 683 g/mol. The average Bonchev–Trinajstić information content (AvgIpc) is 3.72. The molecule has 3 amide bonds. The third-order valence-corrected chi connectivity index (χ3v) is 12.6. The third kappa shape index (κ3) is 6.72. The van der Waals surface area contributed by atoms with Crippen LogP contribution in [0.15, 0.2) is 42.5 Å². The van der Waals surface area contributed by atoms with E-state index in [2.05, 4.69) is 5.32 Å². The molecular formula is C35H46FN3O8Si. The summed E-state index contributed by atoms with van der Waals surface area (Å²) in [4.78, 5) is 56.4. The number of halogens is 1. The zero-order chi connectivity index (χ0) is 34.8. The highest BCUT2D eigenvalue weighted by Gasteiger charge is 2.67. The fraction of sp³-hybridized carbons (Fsp3) is 0.543. The van der Waals surface area contributed by atoms with E-state index in [-0.39, 0.29) is 55.7 Å². The fourth-order valence-corrected chi connectivity index (χ4v) is 10.3. The van der Waals surface area contributed by atoms with Crippen LogP contribution in [0.5, 0.6) is 5.75 Å². The maximum absolute atomic E-state index is 16.3. The van der Waals surface area contributed by atoms with Gasteiger partial charge >= 0.3 is 5.97 Å². The number of hydrogen-bond donors (Lipinski definition) is 2. The van der Waals surface area contributed by atoms with Crippen molar-refractivity contribution in [1.29, 1.82) is 0 Å². The highest BCUT2D eigenvalue weighted by atomic mass is 28.4. The first-order chi connectivity index (χ1) is 22.8. The van der Waals surface area contributed by atoms with Gasteiger partial charge in [-0.2, -0.15) is 0 Å². The van der Waals surface area contributed by atoms with Crippen LogP contribution in [0, 0.1) is 5.92 Å². The molecule has 2 N–H and O–H groups in total. The summed E-state index contributed by atoms with van der Waals surface area (Å²) in [5, 5.41) is 12.8. The van der Waals surface area contributed by atoms with Crippen molar-refractivity contribution in [2.45, 2.75) is 81.8 Å². The number of carbonyl (C=O) groups is 4. The Morgan fingerprint density at radius 1 is 1.12 bits per heavy atom. The van der Waals surface area contributed by atoms with Gasteiger partial charge in [0.05, 0.1) is 45.1 Å². The molecule has 0 radical (unpaired) electrons. The first-order valence-corrected chi connectivity index (χ1v) is 19.6. The molecule has 0 aromatic heterocycles. The van der Waals surface area contributed by atoms with Gasteiger partial charge in [-0.15, -0.1) is 0 Å². The highest BCUT2D eigenvalue weighted by molar-refractivity contribution is 6.72. The Labute approximate surface area is 281 Å². The lowest BCUT2D eigenvalue weighted by Gasteiger charge is -2.31. The molecule has 260 valence electrons. The van der Waals surface area contributed by atoms with Gasteiger partial charge in [0, 0.05) is 47.8 Å². The molecule has 0 bridgehead atoms. The number of nitrogens with zero attached hydrogens (tertiary/aromatic N) is 2. The number of anilines is 2. The molecule has 0 unspecified atom stereocenters. The minimum absolute atomic E-state index is 0.108. The van der Waals surface area contributed by atoms with Crippen LogP contribution in [0.1, 0.15) is 61.4 Å². The van der Waals surface area contributed by atoms with Crippen molar-refractivity contribution in [3.8, 4) is 5.75 Å². The van der Waals surface area contributed by atoms with Crippen molar-refractivity contribution in [2.75, 3.05) is 44.1 Å². The number of amides is 3. The maximum Gasteiger partial charge on any atom is 0.305 e. The van der Waals surface area contributed by atoms with E-state index in [0.29, 0.717) is 54.1 Å². The highest BCUT2D eigenvalue weighted by Crippen LogP contribution is 2.60. The number of hydrogen-bond acceptors (Lipinski definition) is 8. The van der Waals surface area contributed by atoms with Crippen molar-refractivity contribution < 1.29 is 42.6 Å². The van der Waals surface area contributed by atoms with Crippen molar-refractivity contribution in [1.82, 2.24) is 4.90 Å². The van der Waals surface area contributed by atoms with Crippen molar-refractivity contribution in [3.63, 3.8) is 0 Å². The van der Waals surface area contributed by atoms with E-state index < -0.39 is 31.6 Å². The summed E-state index contributed by atoms with van der Waals surface area (Å²) < 4.78 is 33.0. The van der Waals surface area contributed by atoms with Crippen LogP contribution in [0.4, 0.5) is 15.5 Å². The van der Waals surface area contributed by atoms with Gasteiger partial charge in [-0.1, -0.05) is 6.92 Å². The van der Waals surface area contributed by atoms with Crippen molar-refractivity contribution in [2.24, 2.45) is 5.92 Å². The molecule has 2 saturated heterocycles. The van der Waals surface area contributed by atoms with E-state index in [1.807, 2.05) is 6.92 Å². The zero-order valence-electron chi connectivity index (χ0n) is 28.3. The van der Waals surface area contributed by atoms with E-state index in [1.54, 1.807) is 72.5 Å². The van der Waals surface area contributed by atoms with Crippen LogP contribution in [0.3, 0.4) is 0 Å². The molecule has 2 fully saturated rings. The van der Waals surface area contributed by atoms with Crippen molar-refractivity contribution >= 4 is 43.5 Å². The second-order valence-electron chi connectivity index (χ2n) is 13.4.